The first-order valence-corrected chi connectivity index (χ1v) is 17.7. The molecule has 8 rings (SSSR count). The summed E-state index contributed by atoms with van der Waals surface area (Å²) >= 11 is 12.6. The Morgan fingerprint density at radius 3 is 2.39 bits per heavy atom. The van der Waals surface area contributed by atoms with Crippen molar-refractivity contribution in [3.63, 3.8) is 0 Å². The van der Waals surface area contributed by atoms with Crippen molar-refractivity contribution in [2.75, 3.05) is 17.4 Å². The number of aromatic hydroxyl groups is 1. The molecule has 2 aliphatic heterocycles. The summed E-state index contributed by atoms with van der Waals surface area (Å²) in [7, 11) is 1.48. The fraction of sp³-hybridized carbons (Fsp3) is 0.231. The highest BCUT2D eigenvalue weighted by Gasteiger charge is 2.70. The van der Waals surface area contributed by atoms with E-state index >= 15 is 9.18 Å². The Morgan fingerprint density at radius 1 is 0.944 bits per heavy atom. The van der Waals surface area contributed by atoms with Crippen molar-refractivity contribution < 1.29 is 38.3 Å². The number of allylic oxidation sites excluding steroid dienone is 2. The first kappa shape index (κ1) is 35.3. The molecule has 6 atom stereocenters. The Kier molecular flexibility index (Phi) is 8.46. The molecule has 0 spiro atoms. The number of imide groups is 2. The minimum atomic E-state index is -1.74. The number of phenols is 1. The van der Waals surface area contributed by atoms with Gasteiger partial charge in [0.1, 0.15) is 5.75 Å². The number of hydrogen-bond donors (Lipinski definition) is 2. The lowest BCUT2D eigenvalue weighted by Gasteiger charge is -2.50. The van der Waals surface area contributed by atoms with Crippen molar-refractivity contribution in [3.8, 4) is 11.5 Å². The van der Waals surface area contributed by atoms with Gasteiger partial charge in [0.2, 0.25) is 11.8 Å². The van der Waals surface area contributed by atoms with Crippen LogP contribution < -0.4 is 15.1 Å². The third-order valence-corrected chi connectivity index (χ3v) is 11.7. The zero-order valence-corrected chi connectivity index (χ0v) is 29.8. The number of fused-ring (bicyclic) bond motifs is 4. The summed E-state index contributed by atoms with van der Waals surface area (Å²) in [5.41, 5.74) is 2.30. The first-order chi connectivity index (χ1) is 25.9. The molecule has 0 unspecified atom stereocenters. The number of nitrogens with zero attached hydrogens (tertiary/aromatic N) is 3. The molecule has 2 heterocycles. The Labute approximate surface area is 316 Å². The van der Waals surface area contributed by atoms with Gasteiger partial charge in [-0.05, 0) is 78.4 Å². The number of amides is 4. The monoisotopic (exact) mass is 770 g/mol. The number of halogens is 3. The van der Waals surface area contributed by atoms with Crippen molar-refractivity contribution >= 4 is 63.9 Å². The van der Waals surface area contributed by atoms with E-state index < -0.39 is 75.1 Å². The summed E-state index contributed by atoms with van der Waals surface area (Å²) < 4.78 is 20.8. The van der Waals surface area contributed by atoms with Crippen LogP contribution >= 0.6 is 23.2 Å². The lowest BCUT2D eigenvalue weighted by Crippen LogP contribution is -2.53. The molecule has 4 amide bonds. The Balaban J connectivity index is 1.32. The number of methoxy groups -OCH3 is 1. The summed E-state index contributed by atoms with van der Waals surface area (Å²) in [6.45, 7) is 0. The van der Waals surface area contributed by atoms with Gasteiger partial charge in [0.05, 0.1) is 51.6 Å². The minimum Gasteiger partial charge on any atom is -0.505 e. The summed E-state index contributed by atoms with van der Waals surface area (Å²) in [5, 5.41) is 23.2. The lowest BCUT2D eigenvalue weighted by atomic mass is 9.49. The predicted octanol–water partition coefficient (Wildman–Crippen LogP) is 6.94. The Hall–Kier alpha value is -5.79. The highest BCUT2D eigenvalue weighted by Crippen LogP contribution is 2.64. The number of non-ortho nitro benzene ring substituents is 1. The summed E-state index contributed by atoms with van der Waals surface area (Å²) in [6, 6.07) is 20.1. The van der Waals surface area contributed by atoms with Gasteiger partial charge in [-0.1, -0.05) is 59.1 Å². The third kappa shape index (κ3) is 5.17. The molecule has 4 aromatic rings. The number of rotatable bonds is 7. The predicted molar refractivity (Wildman–Crippen MR) is 194 cm³/mol. The van der Waals surface area contributed by atoms with Gasteiger partial charge >= 0.3 is 0 Å². The van der Waals surface area contributed by atoms with Gasteiger partial charge in [0.15, 0.2) is 11.6 Å². The van der Waals surface area contributed by atoms with Gasteiger partial charge in [-0.3, -0.25) is 34.7 Å². The molecule has 12 nitrogen and oxygen atoms in total. The number of benzene rings is 4. The van der Waals surface area contributed by atoms with E-state index in [1.165, 1.54) is 49.6 Å². The van der Waals surface area contributed by atoms with Gasteiger partial charge in [-0.15, -0.1) is 0 Å². The van der Waals surface area contributed by atoms with Gasteiger partial charge in [0, 0.05) is 23.1 Å². The number of ether oxygens (including phenoxy) is 1. The number of nitrogens with one attached hydrogen (secondary N) is 1. The van der Waals surface area contributed by atoms with Crippen LogP contribution in [-0.4, -0.2) is 45.8 Å². The van der Waals surface area contributed by atoms with E-state index in [0.717, 1.165) is 28.1 Å². The number of phenolic OH excluding ortho intramolecular Hbond substituents is 1. The number of hydrazine groups is 1. The lowest BCUT2D eigenvalue weighted by molar-refractivity contribution is -0.384. The maximum atomic E-state index is 15.4. The molecule has 15 heteroatoms. The molecule has 4 aliphatic rings. The van der Waals surface area contributed by atoms with Crippen LogP contribution in [0.1, 0.15) is 29.9 Å². The first-order valence-electron chi connectivity index (χ1n) is 16.9. The molecule has 2 saturated heterocycles. The molecule has 2 N–H and O–H groups in total. The van der Waals surface area contributed by atoms with E-state index in [1.807, 2.05) is 0 Å². The second kappa shape index (κ2) is 13.0. The zero-order valence-electron chi connectivity index (χ0n) is 28.2. The molecule has 0 bridgehead atoms. The van der Waals surface area contributed by atoms with E-state index in [0.29, 0.717) is 21.9 Å². The number of carbonyl (C=O) groups excluding carboxylic acids is 4. The summed E-state index contributed by atoms with van der Waals surface area (Å²) in [4.78, 5) is 70.5. The second-order valence-electron chi connectivity index (χ2n) is 13.7. The molecule has 54 heavy (non-hydrogen) atoms. The van der Waals surface area contributed by atoms with Gasteiger partial charge < -0.3 is 9.84 Å². The van der Waals surface area contributed by atoms with E-state index in [4.69, 9.17) is 27.9 Å². The maximum absolute atomic E-state index is 15.4. The van der Waals surface area contributed by atoms with Crippen molar-refractivity contribution in [1.29, 1.82) is 0 Å². The summed E-state index contributed by atoms with van der Waals surface area (Å²) in [6.07, 6.45) is 1.79. The third-order valence-electron chi connectivity index (χ3n) is 11.2. The van der Waals surface area contributed by atoms with Crippen LogP contribution in [0, 0.1) is 39.6 Å². The fourth-order valence-electron chi connectivity index (χ4n) is 8.92. The van der Waals surface area contributed by atoms with E-state index in [1.54, 1.807) is 30.3 Å². The van der Waals surface area contributed by atoms with Crippen LogP contribution in [0.15, 0.2) is 96.6 Å². The SMILES string of the molecule is COc1ccc([C@@]23C(=O)N(Nc4ccc(Cl)cc4Cl)C(=O)[C@@H]2C[C@@H]2C(=CC[C@@H]4C(=O)N(c5cccc([N+](=O)[O-])c5)C(=O)[C@@H]42)[C@@H]3c2ccc(O)c(F)c2)cc1. The molecule has 0 aromatic heterocycles. The molecular weight excluding hydrogens is 742 g/mol. The van der Waals surface area contributed by atoms with Crippen LogP contribution in [0.5, 0.6) is 11.5 Å². The number of hydrogen-bond acceptors (Lipinski definition) is 9. The average molecular weight is 772 g/mol. The molecule has 2 aliphatic carbocycles. The maximum Gasteiger partial charge on any atom is 0.271 e. The average Bonchev–Trinajstić information content (AvgIpc) is 3.54. The second-order valence-corrected chi connectivity index (χ2v) is 14.6. The van der Waals surface area contributed by atoms with Crippen molar-refractivity contribution in [3.05, 3.63) is 134 Å². The van der Waals surface area contributed by atoms with Crippen LogP contribution in [0.2, 0.25) is 10.0 Å². The molecule has 4 aromatic carbocycles. The van der Waals surface area contributed by atoms with Gasteiger partial charge in [0.25, 0.3) is 17.5 Å². The summed E-state index contributed by atoms with van der Waals surface area (Å²) in [5.74, 6) is -8.52. The molecular formula is C39H29Cl2FN4O8. The van der Waals surface area contributed by atoms with Crippen LogP contribution in [0.3, 0.4) is 0 Å². The van der Waals surface area contributed by atoms with Crippen molar-refractivity contribution in [2.24, 2.45) is 23.7 Å². The molecule has 0 radical (unpaired) electrons. The van der Waals surface area contributed by atoms with E-state index in [-0.39, 0.29) is 40.5 Å². The molecule has 274 valence electrons. The highest BCUT2D eigenvalue weighted by atomic mass is 35.5. The van der Waals surface area contributed by atoms with E-state index in [9.17, 15) is 29.6 Å². The quantitative estimate of drug-likeness (QED) is 0.0878. The largest absolute Gasteiger partial charge is 0.505 e. The number of nitro benzene ring substituents is 1. The number of nitro groups is 1. The standard InChI is InChI=1S/C39H29Cl2FN4O8/c1-54-24-9-6-20(7-10-24)39-28(36(49)45(38(39)51)43-31-13-8-21(40)16-29(31)41)18-27-25(34(39)19-5-14-32(47)30(42)15-19)11-12-26-33(27)37(50)44(35(26)48)22-3-2-4-23(17-22)46(52)53/h2-11,13-17,26-28,33-34,43,47H,12,18H2,1H3/t26-,27+,28-,33-,34-,39+/m0/s1. The smallest absolute Gasteiger partial charge is 0.271 e. The van der Waals surface area contributed by atoms with Crippen LogP contribution in [-0.2, 0) is 24.6 Å². The topological polar surface area (TPSA) is 159 Å². The van der Waals surface area contributed by atoms with Crippen LogP contribution in [0.25, 0.3) is 0 Å². The van der Waals surface area contributed by atoms with E-state index in [2.05, 4.69) is 5.43 Å². The van der Waals surface area contributed by atoms with Gasteiger partial charge in [-0.25, -0.2) is 9.29 Å². The van der Waals surface area contributed by atoms with Crippen LogP contribution in [0.4, 0.5) is 21.5 Å². The normalized spacial score (nSPS) is 25.9. The van der Waals surface area contributed by atoms with Crippen molar-refractivity contribution in [1.82, 2.24) is 5.01 Å². The van der Waals surface area contributed by atoms with Crippen molar-refractivity contribution in [2.45, 2.75) is 24.2 Å². The van der Waals surface area contributed by atoms with Gasteiger partial charge in [-0.2, -0.15) is 5.01 Å². The number of carbonyl (C=O) groups is 4. The minimum absolute atomic E-state index is 0.0398. The molecule has 1 saturated carbocycles. The fourth-order valence-corrected chi connectivity index (χ4v) is 9.37. The zero-order chi connectivity index (χ0) is 38.2. The Bertz CT molecular complexity index is 2340. The highest BCUT2D eigenvalue weighted by molar-refractivity contribution is 6.36. The molecule has 3 fully saturated rings. The number of anilines is 2. The Morgan fingerprint density at radius 2 is 1.70 bits per heavy atom.